The van der Waals surface area contributed by atoms with E-state index in [2.05, 4.69) is 49.1 Å². The number of aryl methyl sites for hydroxylation is 1. The molecule has 0 fully saturated rings. The molecule has 0 radical (unpaired) electrons. The quantitative estimate of drug-likeness (QED) is 0.541. The van der Waals surface area contributed by atoms with E-state index in [1.165, 1.54) is 4.70 Å². The van der Waals surface area contributed by atoms with Gasteiger partial charge in [0.15, 0.2) is 11.0 Å². The Morgan fingerprint density at radius 2 is 2.15 bits per heavy atom. The first-order valence-corrected chi connectivity index (χ1v) is 9.77. The fourth-order valence-electron chi connectivity index (χ4n) is 2.88. The second-order valence-corrected chi connectivity index (χ2v) is 7.86. The highest BCUT2D eigenvalue weighted by Crippen LogP contribution is 2.31. The second kappa shape index (κ2) is 6.22. The minimum atomic E-state index is 0.727. The Hall–Kier alpha value is -2.71. The van der Waals surface area contributed by atoms with Crippen molar-refractivity contribution in [2.45, 2.75) is 16.6 Å². The van der Waals surface area contributed by atoms with E-state index < -0.39 is 0 Å². The van der Waals surface area contributed by atoms with E-state index in [-0.39, 0.29) is 0 Å². The zero-order chi connectivity index (χ0) is 17.5. The van der Waals surface area contributed by atoms with Crippen molar-refractivity contribution < 1.29 is 0 Å². The summed E-state index contributed by atoms with van der Waals surface area (Å²) in [6, 6.07) is 6.29. The first kappa shape index (κ1) is 15.5. The lowest BCUT2D eigenvalue weighted by atomic mass is 10.1. The van der Waals surface area contributed by atoms with Gasteiger partial charge in [-0.15, -0.1) is 21.5 Å². The first-order chi connectivity index (χ1) is 12.8. The van der Waals surface area contributed by atoms with Gasteiger partial charge < -0.3 is 0 Å². The number of hydrogen-bond donors (Lipinski definition) is 0. The van der Waals surface area contributed by atoms with Crippen LogP contribution in [0.3, 0.4) is 0 Å². The van der Waals surface area contributed by atoms with Crippen LogP contribution in [0.5, 0.6) is 0 Å². The molecule has 0 spiro atoms. The zero-order valence-electron chi connectivity index (χ0n) is 13.9. The standard InChI is InChI=1S/C18H14N6S2/c1-23-10-13(9-20-23)12-2-5-17-21-22-18(24(17)7-6-12)26-14-3-4-15-16(8-14)25-11-19-15/h2-6,8-11H,7H2,1H3. The van der Waals surface area contributed by atoms with Crippen molar-refractivity contribution >= 4 is 45.0 Å². The van der Waals surface area contributed by atoms with E-state index in [1.807, 2.05) is 41.8 Å². The summed E-state index contributed by atoms with van der Waals surface area (Å²) in [6.45, 7) is 0.727. The minimum absolute atomic E-state index is 0.727. The van der Waals surface area contributed by atoms with Crippen molar-refractivity contribution in [3.63, 3.8) is 0 Å². The number of allylic oxidation sites excluding steroid dienone is 3. The number of hydrogen-bond acceptors (Lipinski definition) is 6. The summed E-state index contributed by atoms with van der Waals surface area (Å²) >= 11 is 3.28. The third-order valence-corrected chi connectivity index (χ3v) is 5.97. The molecule has 0 amide bonds. The van der Waals surface area contributed by atoms with E-state index in [0.717, 1.165) is 39.1 Å². The average molecular weight is 378 g/mol. The van der Waals surface area contributed by atoms with Gasteiger partial charge in [-0.2, -0.15) is 5.10 Å². The van der Waals surface area contributed by atoms with Crippen LogP contribution in [0, 0.1) is 0 Å². The number of rotatable bonds is 3. The molecule has 0 aliphatic carbocycles. The molecule has 6 nitrogen and oxygen atoms in total. The van der Waals surface area contributed by atoms with Gasteiger partial charge in [-0.25, -0.2) is 4.98 Å². The van der Waals surface area contributed by atoms with Crippen molar-refractivity contribution in [1.82, 2.24) is 29.5 Å². The molecule has 26 heavy (non-hydrogen) atoms. The van der Waals surface area contributed by atoms with Crippen LogP contribution in [0.2, 0.25) is 0 Å². The van der Waals surface area contributed by atoms with Crippen molar-refractivity contribution in [3.05, 3.63) is 59.6 Å². The average Bonchev–Trinajstić information content (AvgIpc) is 3.33. The third-order valence-electron chi connectivity index (χ3n) is 4.20. The molecule has 0 unspecified atom stereocenters. The van der Waals surface area contributed by atoms with Gasteiger partial charge in [0.1, 0.15) is 0 Å². The molecule has 128 valence electrons. The molecule has 8 heteroatoms. The molecule has 1 aliphatic heterocycles. The van der Waals surface area contributed by atoms with Gasteiger partial charge in [0.25, 0.3) is 0 Å². The predicted octanol–water partition coefficient (Wildman–Crippen LogP) is 3.88. The Labute approximate surface area is 157 Å². The number of aromatic nitrogens is 6. The summed E-state index contributed by atoms with van der Waals surface area (Å²) in [4.78, 5) is 5.47. The maximum atomic E-state index is 4.37. The highest BCUT2D eigenvalue weighted by molar-refractivity contribution is 7.99. The van der Waals surface area contributed by atoms with Gasteiger partial charge in [0.05, 0.1) is 21.9 Å². The maximum Gasteiger partial charge on any atom is 0.196 e. The molecule has 1 aliphatic rings. The molecule has 0 atom stereocenters. The topological polar surface area (TPSA) is 61.4 Å². The molecular weight excluding hydrogens is 364 g/mol. The molecule has 0 bridgehead atoms. The summed E-state index contributed by atoms with van der Waals surface area (Å²) in [6.07, 6.45) is 10.2. The van der Waals surface area contributed by atoms with Gasteiger partial charge in [-0.1, -0.05) is 12.2 Å². The highest BCUT2D eigenvalue weighted by Gasteiger charge is 2.14. The summed E-state index contributed by atoms with van der Waals surface area (Å²) in [5.74, 6) is 0.863. The number of thiazole rings is 1. The number of fused-ring (bicyclic) bond motifs is 2. The van der Waals surface area contributed by atoms with Crippen LogP contribution in [0.1, 0.15) is 11.4 Å². The van der Waals surface area contributed by atoms with Crippen LogP contribution in [0.15, 0.2) is 58.3 Å². The van der Waals surface area contributed by atoms with Crippen molar-refractivity contribution in [1.29, 1.82) is 0 Å². The van der Waals surface area contributed by atoms with E-state index in [0.29, 0.717) is 0 Å². The molecule has 5 rings (SSSR count). The molecule has 4 aromatic rings. The molecule has 0 saturated heterocycles. The van der Waals surface area contributed by atoms with Crippen molar-refractivity contribution in [2.24, 2.45) is 7.05 Å². The highest BCUT2D eigenvalue weighted by atomic mass is 32.2. The van der Waals surface area contributed by atoms with Gasteiger partial charge in [-0.3, -0.25) is 9.25 Å². The lowest BCUT2D eigenvalue weighted by Gasteiger charge is -2.05. The predicted molar refractivity (Wildman–Crippen MR) is 104 cm³/mol. The van der Waals surface area contributed by atoms with E-state index in [9.17, 15) is 0 Å². The van der Waals surface area contributed by atoms with Crippen LogP contribution in [0.25, 0.3) is 21.9 Å². The van der Waals surface area contributed by atoms with Gasteiger partial charge in [0.2, 0.25) is 0 Å². The minimum Gasteiger partial charge on any atom is -0.298 e. The normalized spacial score (nSPS) is 13.7. The number of nitrogens with zero attached hydrogens (tertiary/aromatic N) is 6. The van der Waals surface area contributed by atoms with Gasteiger partial charge >= 0.3 is 0 Å². The molecule has 4 heterocycles. The Bertz CT molecular complexity index is 1160. The van der Waals surface area contributed by atoms with Gasteiger partial charge in [-0.05, 0) is 41.6 Å². The zero-order valence-corrected chi connectivity index (χ0v) is 15.5. The van der Waals surface area contributed by atoms with E-state index >= 15 is 0 Å². The maximum absolute atomic E-state index is 4.37. The van der Waals surface area contributed by atoms with Crippen LogP contribution in [0.4, 0.5) is 0 Å². The van der Waals surface area contributed by atoms with Crippen LogP contribution in [-0.2, 0) is 13.6 Å². The van der Waals surface area contributed by atoms with Crippen LogP contribution < -0.4 is 0 Å². The number of benzene rings is 1. The molecule has 1 aromatic carbocycles. The molecule has 0 saturated carbocycles. The SMILES string of the molecule is Cn1cc(C2=CCn3c(nnc3Sc3ccc4ncsc4c3)C=C2)cn1. The van der Waals surface area contributed by atoms with Crippen LogP contribution >= 0.6 is 23.1 Å². The summed E-state index contributed by atoms with van der Waals surface area (Å²) in [5, 5.41) is 13.8. The van der Waals surface area contributed by atoms with Gasteiger partial charge in [0, 0.05) is 30.2 Å². The van der Waals surface area contributed by atoms with Crippen molar-refractivity contribution in [3.8, 4) is 0 Å². The first-order valence-electron chi connectivity index (χ1n) is 8.08. The van der Waals surface area contributed by atoms with E-state index in [1.54, 1.807) is 23.1 Å². The summed E-state index contributed by atoms with van der Waals surface area (Å²) < 4.78 is 5.12. The molecule has 0 N–H and O–H groups in total. The Morgan fingerprint density at radius 3 is 3.04 bits per heavy atom. The fourth-order valence-corrected chi connectivity index (χ4v) is 4.56. The van der Waals surface area contributed by atoms with Crippen molar-refractivity contribution in [2.75, 3.05) is 0 Å². The smallest absolute Gasteiger partial charge is 0.196 e. The Balaban J connectivity index is 1.45. The Kier molecular flexibility index (Phi) is 3.72. The molecule has 3 aromatic heterocycles. The van der Waals surface area contributed by atoms with Crippen LogP contribution in [-0.4, -0.2) is 29.5 Å². The van der Waals surface area contributed by atoms with E-state index in [4.69, 9.17) is 0 Å². The lowest BCUT2D eigenvalue weighted by Crippen LogP contribution is -1.99. The molecular formula is C18H14N6S2. The Morgan fingerprint density at radius 1 is 1.19 bits per heavy atom. The fraction of sp³-hybridized carbons (Fsp3) is 0.111. The summed E-state index contributed by atoms with van der Waals surface area (Å²) in [7, 11) is 1.92. The monoisotopic (exact) mass is 378 g/mol. The summed E-state index contributed by atoms with van der Waals surface area (Å²) in [5.41, 5.74) is 5.15. The third kappa shape index (κ3) is 2.77. The lowest BCUT2D eigenvalue weighted by molar-refractivity contribution is 0.720. The second-order valence-electron chi connectivity index (χ2n) is 5.93. The largest absolute Gasteiger partial charge is 0.298 e.